The smallest absolute Gasteiger partial charge is 0.238 e. The second-order valence-corrected chi connectivity index (χ2v) is 6.42. The minimum Gasteiger partial charge on any atom is -0.381 e. The lowest BCUT2D eigenvalue weighted by atomic mass is 10.1. The summed E-state index contributed by atoms with van der Waals surface area (Å²) in [6.07, 6.45) is 0. The molecule has 0 aliphatic rings. The van der Waals surface area contributed by atoms with Crippen molar-refractivity contribution in [3.8, 4) is 0 Å². The maximum absolute atomic E-state index is 11.3. The molecule has 2 rings (SSSR count). The normalized spacial score (nSPS) is 11.3. The van der Waals surface area contributed by atoms with Crippen molar-refractivity contribution in [3.63, 3.8) is 0 Å². The number of nitrogens with two attached hydrogens (primary N) is 1. The van der Waals surface area contributed by atoms with Gasteiger partial charge >= 0.3 is 0 Å². The van der Waals surface area contributed by atoms with Crippen molar-refractivity contribution in [2.45, 2.75) is 25.3 Å². The number of hydrogen-bond donors (Lipinski definition) is 2. The molecule has 5 heteroatoms. The van der Waals surface area contributed by atoms with Gasteiger partial charge in [-0.25, -0.2) is 13.6 Å². The van der Waals surface area contributed by atoms with E-state index in [4.69, 9.17) is 5.14 Å². The van der Waals surface area contributed by atoms with Crippen molar-refractivity contribution in [3.05, 3.63) is 59.2 Å². The predicted octanol–water partition coefficient (Wildman–Crippen LogP) is 2.56. The van der Waals surface area contributed by atoms with Crippen LogP contribution in [0, 0.1) is 13.8 Å². The van der Waals surface area contributed by atoms with Crippen molar-refractivity contribution >= 4 is 15.7 Å². The van der Waals surface area contributed by atoms with Crippen molar-refractivity contribution < 1.29 is 8.42 Å². The summed E-state index contributed by atoms with van der Waals surface area (Å²) in [5.41, 5.74) is 4.34. The van der Waals surface area contributed by atoms with Crippen LogP contribution in [0.2, 0.25) is 0 Å². The highest BCUT2D eigenvalue weighted by atomic mass is 32.2. The van der Waals surface area contributed by atoms with Gasteiger partial charge in [0, 0.05) is 12.2 Å². The number of sulfonamides is 1. The molecule has 0 aliphatic heterocycles. The minimum absolute atomic E-state index is 0.114. The highest BCUT2D eigenvalue weighted by Gasteiger charge is 2.07. The Morgan fingerprint density at radius 2 is 1.85 bits per heavy atom. The molecule has 0 saturated carbocycles. The van der Waals surface area contributed by atoms with Crippen LogP contribution < -0.4 is 10.5 Å². The molecule has 0 amide bonds. The molecule has 2 aromatic carbocycles. The molecule has 0 spiro atoms. The van der Waals surface area contributed by atoms with E-state index in [1.807, 2.05) is 6.07 Å². The van der Waals surface area contributed by atoms with Gasteiger partial charge in [0.15, 0.2) is 0 Å². The van der Waals surface area contributed by atoms with Gasteiger partial charge in [0.05, 0.1) is 4.90 Å². The van der Waals surface area contributed by atoms with Gasteiger partial charge in [0.25, 0.3) is 0 Å². The van der Waals surface area contributed by atoms with E-state index in [1.54, 1.807) is 12.1 Å². The largest absolute Gasteiger partial charge is 0.381 e. The van der Waals surface area contributed by atoms with Crippen LogP contribution in [0.25, 0.3) is 0 Å². The summed E-state index contributed by atoms with van der Waals surface area (Å²) >= 11 is 0. The third-order valence-corrected chi connectivity index (χ3v) is 4.05. The summed E-state index contributed by atoms with van der Waals surface area (Å²) in [7, 11) is -3.66. The van der Waals surface area contributed by atoms with Gasteiger partial charge in [0.2, 0.25) is 10.0 Å². The average molecular weight is 290 g/mol. The van der Waals surface area contributed by atoms with Crippen LogP contribution in [0.15, 0.2) is 47.4 Å². The van der Waals surface area contributed by atoms with Gasteiger partial charge in [-0.3, -0.25) is 0 Å². The monoisotopic (exact) mass is 290 g/mol. The first kappa shape index (κ1) is 14.6. The topological polar surface area (TPSA) is 72.2 Å². The highest BCUT2D eigenvalue weighted by molar-refractivity contribution is 7.89. The standard InChI is InChI=1S/C15H18N2O2S/c1-11-6-7-13(12(2)8-11)10-17-14-4-3-5-15(9-14)20(16,18)19/h3-9,17H,10H2,1-2H3,(H2,16,18,19). The molecule has 0 radical (unpaired) electrons. The molecule has 20 heavy (non-hydrogen) atoms. The fourth-order valence-corrected chi connectivity index (χ4v) is 2.58. The summed E-state index contributed by atoms with van der Waals surface area (Å²) in [5, 5.41) is 8.33. The molecular formula is C15H18N2O2S. The third-order valence-electron chi connectivity index (χ3n) is 3.14. The van der Waals surface area contributed by atoms with Crippen LogP contribution in [0.5, 0.6) is 0 Å². The number of rotatable bonds is 4. The zero-order chi connectivity index (χ0) is 14.8. The van der Waals surface area contributed by atoms with Gasteiger partial charge in [-0.1, -0.05) is 29.8 Å². The molecule has 0 aromatic heterocycles. The Kier molecular flexibility index (Phi) is 4.11. The van der Waals surface area contributed by atoms with Crippen LogP contribution in [0.4, 0.5) is 5.69 Å². The SMILES string of the molecule is Cc1ccc(CNc2cccc(S(N)(=O)=O)c2)c(C)c1. The Hall–Kier alpha value is -1.85. The Morgan fingerprint density at radius 1 is 1.10 bits per heavy atom. The minimum atomic E-state index is -3.66. The maximum Gasteiger partial charge on any atom is 0.238 e. The van der Waals surface area contributed by atoms with E-state index in [9.17, 15) is 8.42 Å². The summed E-state index contributed by atoms with van der Waals surface area (Å²) in [6, 6.07) is 12.8. The first-order chi connectivity index (χ1) is 9.36. The molecule has 2 aromatic rings. The number of primary sulfonamides is 1. The summed E-state index contributed by atoms with van der Waals surface area (Å²) < 4.78 is 22.6. The van der Waals surface area contributed by atoms with Crippen molar-refractivity contribution in [1.29, 1.82) is 0 Å². The second kappa shape index (κ2) is 5.64. The molecule has 0 unspecified atom stereocenters. The molecule has 0 bridgehead atoms. The van der Waals surface area contributed by atoms with E-state index in [2.05, 4.69) is 37.4 Å². The van der Waals surface area contributed by atoms with Gasteiger partial charge in [-0.05, 0) is 43.2 Å². The molecule has 0 saturated heterocycles. The lowest BCUT2D eigenvalue weighted by molar-refractivity contribution is 0.598. The Labute approximate surface area is 119 Å². The lowest BCUT2D eigenvalue weighted by Gasteiger charge is -2.10. The fourth-order valence-electron chi connectivity index (χ4n) is 2.02. The van der Waals surface area contributed by atoms with Crippen LogP contribution in [0.1, 0.15) is 16.7 Å². The number of benzene rings is 2. The summed E-state index contributed by atoms with van der Waals surface area (Å²) in [6.45, 7) is 4.75. The molecule has 0 fully saturated rings. The Bertz CT molecular complexity index is 724. The number of anilines is 1. The van der Waals surface area contributed by atoms with Crippen LogP contribution >= 0.6 is 0 Å². The third kappa shape index (κ3) is 3.59. The maximum atomic E-state index is 11.3. The Balaban J connectivity index is 2.15. The number of nitrogens with one attached hydrogen (secondary N) is 1. The number of aryl methyl sites for hydroxylation is 2. The van der Waals surface area contributed by atoms with E-state index < -0.39 is 10.0 Å². The fraction of sp³-hybridized carbons (Fsp3) is 0.200. The van der Waals surface area contributed by atoms with E-state index in [0.717, 1.165) is 5.69 Å². The van der Waals surface area contributed by atoms with E-state index in [0.29, 0.717) is 6.54 Å². The van der Waals surface area contributed by atoms with Crippen LogP contribution in [0.3, 0.4) is 0 Å². The van der Waals surface area contributed by atoms with Crippen molar-refractivity contribution in [2.75, 3.05) is 5.32 Å². The highest BCUT2D eigenvalue weighted by Crippen LogP contribution is 2.17. The van der Waals surface area contributed by atoms with Crippen LogP contribution in [-0.2, 0) is 16.6 Å². The lowest BCUT2D eigenvalue weighted by Crippen LogP contribution is -2.12. The van der Waals surface area contributed by atoms with E-state index in [1.165, 1.54) is 22.8 Å². The molecule has 4 nitrogen and oxygen atoms in total. The molecule has 0 aliphatic carbocycles. The van der Waals surface area contributed by atoms with E-state index in [-0.39, 0.29) is 4.90 Å². The van der Waals surface area contributed by atoms with Gasteiger partial charge in [-0.2, -0.15) is 0 Å². The first-order valence-electron chi connectivity index (χ1n) is 6.29. The summed E-state index contributed by atoms with van der Waals surface area (Å²) in [4.78, 5) is 0.114. The predicted molar refractivity (Wildman–Crippen MR) is 81.1 cm³/mol. The van der Waals surface area contributed by atoms with Gasteiger partial charge in [-0.15, -0.1) is 0 Å². The second-order valence-electron chi connectivity index (χ2n) is 4.86. The average Bonchev–Trinajstić information content (AvgIpc) is 2.37. The zero-order valence-electron chi connectivity index (χ0n) is 11.6. The van der Waals surface area contributed by atoms with Crippen LogP contribution in [-0.4, -0.2) is 8.42 Å². The molecule has 0 heterocycles. The molecule has 3 N–H and O–H groups in total. The molecule has 106 valence electrons. The van der Waals surface area contributed by atoms with Crippen molar-refractivity contribution in [2.24, 2.45) is 5.14 Å². The first-order valence-corrected chi connectivity index (χ1v) is 7.84. The van der Waals surface area contributed by atoms with Gasteiger partial charge < -0.3 is 5.32 Å². The molecule has 0 atom stereocenters. The van der Waals surface area contributed by atoms with Gasteiger partial charge in [0.1, 0.15) is 0 Å². The summed E-state index contributed by atoms with van der Waals surface area (Å²) in [5.74, 6) is 0. The Morgan fingerprint density at radius 3 is 2.50 bits per heavy atom. The van der Waals surface area contributed by atoms with Crippen molar-refractivity contribution in [1.82, 2.24) is 0 Å². The molecular weight excluding hydrogens is 272 g/mol. The van der Waals surface area contributed by atoms with E-state index >= 15 is 0 Å². The zero-order valence-corrected chi connectivity index (χ0v) is 12.4. The quantitative estimate of drug-likeness (QED) is 0.909. The number of hydrogen-bond acceptors (Lipinski definition) is 3.